The Balaban J connectivity index is 1.80. The number of allylic oxidation sites excluding steroid dienone is 3. The van der Waals surface area contributed by atoms with Crippen LogP contribution in [0.2, 0.25) is 0 Å². The predicted octanol–water partition coefficient (Wildman–Crippen LogP) is 3.98. The molecule has 0 unspecified atom stereocenters. The summed E-state index contributed by atoms with van der Waals surface area (Å²) in [6.07, 6.45) is 9.55. The largest absolute Gasteiger partial charge is 0.393 e. The molecule has 2 heteroatoms. The number of fused-ring (bicyclic) bond motifs is 5. The minimum absolute atomic E-state index is 0.100. The summed E-state index contributed by atoms with van der Waals surface area (Å²) in [5, 5.41) is 20.6. The number of aliphatic hydroxyl groups excluding tert-OH is 2. The first-order valence-corrected chi connectivity index (χ1v) is 9.14. The van der Waals surface area contributed by atoms with Gasteiger partial charge in [-0.3, -0.25) is 0 Å². The SMILES string of the molecule is CC1=C2[C@@H]3CC[C@H](O)[C@@]3(C)CC[C@@H]2[C@@]2(C)CC[C@H](O)CC2=C1. The van der Waals surface area contributed by atoms with Crippen LogP contribution in [0.15, 0.2) is 22.8 Å². The molecule has 4 aliphatic carbocycles. The van der Waals surface area contributed by atoms with Crippen LogP contribution < -0.4 is 0 Å². The lowest BCUT2D eigenvalue weighted by molar-refractivity contribution is 0.000725. The van der Waals surface area contributed by atoms with Gasteiger partial charge in [0.15, 0.2) is 0 Å². The van der Waals surface area contributed by atoms with Crippen LogP contribution in [0.25, 0.3) is 0 Å². The second-order valence-corrected chi connectivity index (χ2v) is 8.86. The molecule has 0 aliphatic heterocycles. The van der Waals surface area contributed by atoms with Gasteiger partial charge in [-0.05, 0) is 69.1 Å². The fourth-order valence-corrected chi connectivity index (χ4v) is 6.32. The topological polar surface area (TPSA) is 40.5 Å². The zero-order chi connectivity index (χ0) is 15.7. The maximum atomic E-state index is 10.5. The van der Waals surface area contributed by atoms with Gasteiger partial charge in [0.25, 0.3) is 0 Å². The molecule has 3 fully saturated rings. The van der Waals surface area contributed by atoms with Crippen molar-refractivity contribution < 1.29 is 10.2 Å². The number of aliphatic hydroxyl groups is 2. The molecule has 22 heavy (non-hydrogen) atoms. The van der Waals surface area contributed by atoms with E-state index in [1.165, 1.54) is 17.6 Å². The molecule has 0 spiro atoms. The summed E-state index contributed by atoms with van der Waals surface area (Å²) < 4.78 is 0. The van der Waals surface area contributed by atoms with Crippen molar-refractivity contribution in [3.63, 3.8) is 0 Å². The Hall–Kier alpha value is -0.600. The van der Waals surface area contributed by atoms with Crippen molar-refractivity contribution in [2.45, 2.75) is 77.9 Å². The third-order valence-electron chi connectivity index (χ3n) is 7.81. The lowest BCUT2D eigenvalue weighted by Gasteiger charge is -2.55. The summed E-state index contributed by atoms with van der Waals surface area (Å²) in [6.45, 7) is 7.03. The van der Waals surface area contributed by atoms with E-state index < -0.39 is 0 Å². The van der Waals surface area contributed by atoms with Crippen LogP contribution >= 0.6 is 0 Å². The molecule has 2 nitrogen and oxygen atoms in total. The molecule has 3 saturated carbocycles. The quantitative estimate of drug-likeness (QED) is 0.710. The zero-order valence-electron chi connectivity index (χ0n) is 14.2. The molecule has 0 heterocycles. The number of hydrogen-bond donors (Lipinski definition) is 2. The van der Waals surface area contributed by atoms with Gasteiger partial charge in [-0.15, -0.1) is 0 Å². The van der Waals surface area contributed by atoms with Gasteiger partial charge in [-0.2, -0.15) is 0 Å². The van der Waals surface area contributed by atoms with Crippen molar-refractivity contribution in [1.82, 2.24) is 0 Å². The first-order chi connectivity index (χ1) is 10.4. The molecule has 4 rings (SSSR count). The smallest absolute Gasteiger partial charge is 0.0599 e. The molecule has 0 aromatic heterocycles. The van der Waals surface area contributed by atoms with Crippen molar-refractivity contribution in [3.05, 3.63) is 22.8 Å². The Morgan fingerprint density at radius 1 is 1.00 bits per heavy atom. The standard InChI is InChI=1S/C20H30O2/c1-12-10-13-11-14(21)6-8-19(13,2)16-7-9-20(3)15(18(12)16)4-5-17(20)22/h10,14-17,21-22H,4-9,11H2,1-3H3/t14-,15-,16-,17-,19-,20-/m0/s1. The second kappa shape index (κ2) is 4.70. The van der Waals surface area contributed by atoms with E-state index in [9.17, 15) is 10.2 Å². The van der Waals surface area contributed by atoms with Crippen LogP contribution in [0.4, 0.5) is 0 Å². The number of rotatable bonds is 0. The molecule has 0 aromatic carbocycles. The normalized spacial score (nSPS) is 51.0. The Morgan fingerprint density at radius 3 is 2.55 bits per heavy atom. The molecule has 0 aromatic rings. The van der Waals surface area contributed by atoms with E-state index in [1.807, 2.05) is 0 Å². The van der Waals surface area contributed by atoms with Gasteiger partial charge in [0.05, 0.1) is 12.2 Å². The van der Waals surface area contributed by atoms with Crippen LogP contribution in [-0.2, 0) is 0 Å². The Kier molecular flexibility index (Phi) is 3.20. The van der Waals surface area contributed by atoms with Crippen LogP contribution in [0.3, 0.4) is 0 Å². The second-order valence-electron chi connectivity index (χ2n) is 8.86. The lowest BCUT2D eigenvalue weighted by atomic mass is 9.50. The molecule has 4 aliphatic rings. The van der Waals surface area contributed by atoms with E-state index in [4.69, 9.17) is 0 Å². The summed E-state index contributed by atoms with van der Waals surface area (Å²) in [4.78, 5) is 0. The molecular formula is C20H30O2. The Bertz CT molecular complexity index is 560. The van der Waals surface area contributed by atoms with Crippen LogP contribution in [0.1, 0.15) is 65.7 Å². The monoisotopic (exact) mass is 302 g/mol. The maximum absolute atomic E-state index is 10.5. The van der Waals surface area contributed by atoms with E-state index in [2.05, 4.69) is 26.8 Å². The minimum atomic E-state index is -0.143. The average molecular weight is 302 g/mol. The summed E-state index contributed by atoms with van der Waals surface area (Å²) in [5.41, 5.74) is 4.94. The molecule has 0 bridgehead atoms. The average Bonchev–Trinajstić information content (AvgIpc) is 2.77. The molecule has 122 valence electrons. The third kappa shape index (κ3) is 1.80. The van der Waals surface area contributed by atoms with Gasteiger partial charge >= 0.3 is 0 Å². The fourth-order valence-electron chi connectivity index (χ4n) is 6.32. The van der Waals surface area contributed by atoms with Gasteiger partial charge in [-0.25, -0.2) is 0 Å². The molecule has 0 radical (unpaired) electrons. The van der Waals surface area contributed by atoms with Crippen molar-refractivity contribution in [1.29, 1.82) is 0 Å². The van der Waals surface area contributed by atoms with Gasteiger partial charge in [0.2, 0.25) is 0 Å². The molecule has 0 amide bonds. The molecule has 6 atom stereocenters. The summed E-state index contributed by atoms with van der Waals surface area (Å²) >= 11 is 0. The van der Waals surface area contributed by atoms with E-state index in [1.54, 1.807) is 5.57 Å². The summed E-state index contributed by atoms with van der Waals surface area (Å²) in [5.74, 6) is 1.21. The molecular weight excluding hydrogens is 272 g/mol. The van der Waals surface area contributed by atoms with Gasteiger partial charge in [-0.1, -0.05) is 36.6 Å². The highest BCUT2D eigenvalue weighted by atomic mass is 16.3. The van der Waals surface area contributed by atoms with Crippen molar-refractivity contribution >= 4 is 0 Å². The first-order valence-electron chi connectivity index (χ1n) is 9.14. The lowest BCUT2D eigenvalue weighted by Crippen LogP contribution is -2.47. The minimum Gasteiger partial charge on any atom is -0.393 e. The van der Waals surface area contributed by atoms with Gasteiger partial charge < -0.3 is 10.2 Å². The zero-order valence-corrected chi connectivity index (χ0v) is 14.2. The number of hydrogen-bond acceptors (Lipinski definition) is 2. The van der Waals surface area contributed by atoms with Crippen molar-refractivity contribution in [2.24, 2.45) is 22.7 Å². The Morgan fingerprint density at radius 2 is 1.77 bits per heavy atom. The molecule has 2 N–H and O–H groups in total. The van der Waals surface area contributed by atoms with E-state index >= 15 is 0 Å². The van der Waals surface area contributed by atoms with E-state index in [0.717, 1.165) is 38.5 Å². The fraction of sp³-hybridized carbons (Fsp3) is 0.800. The van der Waals surface area contributed by atoms with E-state index in [0.29, 0.717) is 11.8 Å². The van der Waals surface area contributed by atoms with Crippen molar-refractivity contribution in [3.8, 4) is 0 Å². The highest BCUT2D eigenvalue weighted by Gasteiger charge is 2.56. The van der Waals surface area contributed by atoms with E-state index in [-0.39, 0.29) is 23.0 Å². The van der Waals surface area contributed by atoms with Crippen LogP contribution in [0.5, 0.6) is 0 Å². The first kappa shape index (κ1) is 15.0. The van der Waals surface area contributed by atoms with Gasteiger partial charge in [0, 0.05) is 5.41 Å². The molecule has 0 saturated heterocycles. The highest BCUT2D eigenvalue weighted by molar-refractivity contribution is 5.43. The van der Waals surface area contributed by atoms with Crippen LogP contribution in [0, 0.1) is 22.7 Å². The third-order valence-corrected chi connectivity index (χ3v) is 7.81. The summed E-state index contributed by atoms with van der Waals surface area (Å²) in [7, 11) is 0. The Labute approximate surface area is 134 Å². The van der Waals surface area contributed by atoms with Crippen LogP contribution in [-0.4, -0.2) is 22.4 Å². The summed E-state index contributed by atoms with van der Waals surface area (Å²) in [6, 6.07) is 0. The van der Waals surface area contributed by atoms with Crippen molar-refractivity contribution in [2.75, 3.05) is 0 Å². The predicted molar refractivity (Wildman–Crippen MR) is 88.3 cm³/mol. The maximum Gasteiger partial charge on any atom is 0.0599 e. The highest BCUT2D eigenvalue weighted by Crippen LogP contribution is 2.64. The van der Waals surface area contributed by atoms with Gasteiger partial charge in [0.1, 0.15) is 0 Å².